The van der Waals surface area contributed by atoms with Crippen LogP contribution in [-0.4, -0.2) is 19.0 Å². The summed E-state index contributed by atoms with van der Waals surface area (Å²) in [6, 6.07) is 0. The first-order chi connectivity index (χ1) is 6.11. The topological polar surface area (TPSA) is 26.3 Å². The van der Waals surface area contributed by atoms with Gasteiger partial charge in [-0.2, -0.15) is 0 Å². The Morgan fingerprint density at radius 1 is 1.36 bits per heavy atom. The molecule has 14 heavy (non-hydrogen) atoms. The van der Waals surface area contributed by atoms with Gasteiger partial charge in [-0.15, -0.1) is 0 Å². The van der Waals surface area contributed by atoms with E-state index in [9.17, 15) is 13.6 Å². The van der Waals surface area contributed by atoms with E-state index in [4.69, 9.17) is 0 Å². The van der Waals surface area contributed by atoms with Gasteiger partial charge >= 0.3 is 5.97 Å². The molecule has 0 aliphatic heterocycles. The van der Waals surface area contributed by atoms with Gasteiger partial charge in [0.05, 0.1) is 13.5 Å². The third-order valence-corrected chi connectivity index (χ3v) is 2.76. The molecule has 1 atom stereocenters. The summed E-state index contributed by atoms with van der Waals surface area (Å²) in [6.45, 7) is 5.61. The second kappa shape index (κ2) is 4.24. The first-order valence-corrected chi connectivity index (χ1v) is 4.56. The molecule has 0 aromatic rings. The van der Waals surface area contributed by atoms with Crippen molar-refractivity contribution in [3.63, 3.8) is 0 Å². The number of hydrogen-bond donors (Lipinski definition) is 0. The molecule has 0 saturated carbocycles. The average Bonchev–Trinajstić information content (AvgIpc) is 2.00. The maximum Gasteiger partial charge on any atom is 0.306 e. The van der Waals surface area contributed by atoms with E-state index in [-0.39, 0.29) is 6.42 Å². The largest absolute Gasteiger partial charge is 0.469 e. The summed E-state index contributed by atoms with van der Waals surface area (Å²) in [5.41, 5.74) is -0.759. The number of alkyl halides is 2. The smallest absolute Gasteiger partial charge is 0.306 e. The number of rotatable bonds is 4. The van der Waals surface area contributed by atoms with E-state index in [1.54, 1.807) is 13.8 Å². The van der Waals surface area contributed by atoms with Crippen molar-refractivity contribution >= 4 is 5.97 Å². The van der Waals surface area contributed by atoms with Crippen LogP contribution in [0.4, 0.5) is 8.78 Å². The van der Waals surface area contributed by atoms with Gasteiger partial charge in [0.1, 0.15) is 0 Å². The van der Waals surface area contributed by atoms with Crippen molar-refractivity contribution in [2.24, 2.45) is 11.3 Å². The SMILES string of the molecule is COC(=O)CC(C)(C)C(C)C(C)(F)F. The molecule has 0 rings (SSSR count). The van der Waals surface area contributed by atoms with Gasteiger partial charge in [0.2, 0.25) is 5.92 Å². The van der Waals surface area contributed by atoms with Crippen molar-refractivity contribution in [3.05, 3.63) is 0 Å². The van der Waals surface area contributed by atoms with Crippen LogP contribution in [-0.2, 0) is 9.53 Å². The van der Waals surface area contributed by atoms with Gasteiger partial charge in [-0.05, 0) is 12.3 Å². The maximum absolute atomic E-state index is 13.0. The molecule has 0 fully saturated rings. The van der Waals surface area contributed by atoms with Crippen molar-refractivity contribution in [1.29, 1.82) is 0 Å². The predicted octanol–water partition coefficient (Wildman–Crippen LogP) is 2.87. The molecule has 0 saturated heterocycles. The van der Waals surface area contributed by atoms with E-state index < -0.39 is 23.2 Å². The Morgan fingerprint density at radius 2 is 1.79 bits per heavy atom. The zero-order chi connectivity index (χ0) is 11.6. The third-order valence-electron chi connectivity index (χ3n) is 2.76. The highest BCUT2D eigenvalue weighted by Gasteiger charge is 2.42. The van der Waals surface area contributed by atoms with Gasteiger partial charge in [0.15, 0.2) is 0 Å². The summed E-state index contributed by atoms with van der Waals surface area (Å²) in [6.07, 6.45) is 0.00803. The number of methoxy groups -OCH3 is 1. The van der Waals surface area contributed by atoms with Crippen molar-refractivity contribution in [3.8, 4) is 0 Å². The second-order valence-corrected chi connectivity index (χ2v) is 4.42. The quantitative estimate of drug-likeness (QED) is 0.664. The Morgan fingerprint density at radius 3 is 2.07 bits per heavy atom. The van der Waals surface area contributed by atoms with E-state index >= 15 is 0 Å². The standard InChI is InChI=1S/C10H18F2O2/c1-7(10(4,11)12)9(2,3)6-8(13)14-5/h7H,6H2,1-5H3. The molecule has 0 spiro atoms. The third kappa shape index (κ3) is 3.60. The van der Waals surface area contributed by atoms with Gasteiger partial charge in [0, 0.05) is 5.92 Å². The molecule has 0 N–H and O–H groups in total. The van der Waals surface area contributed by atoms with E-state index in [0.29, 0.717) is 0 Å². The monoisotopic (exact) mass is 208 g/mol. The van der Waals surface area contributed by atoms with E-state index in [1.165, 1.54) is 14.0 Å². The fourth-order valence-electron chi connectivity index (χ4n) is 1.28. The first kappa shape index (κ1) is 13.3. The fraction of sp³-hybridized carbons (Fsp3) is 0.900. The molecule has 0 heterocycles. The summed E-state index contributed by atoms with van der Waals surface area (Å²) in [4.78, 5) is 11.0. The molecular weight excluding hydrogens is 190 g/mol. The van der Waals surface area contributed by atoms with Crippen molar-refractivity contribution in [2.75, 3.05) is 7.11 Å². The highest BCUT2D eigenvalue weighted by Crippen LogP contribution is 2.40. The molecule has 0 radical (unpaired) electrons. The van der Waals surface area contributed by atoms with E-state index in [0.717, 1.165) is 6.92 Å². The van der Waals surface area contributed by atoms with E-state index in [1.807, 2.05) is 0 Å². The highest BCUT2D eigenvalue weighted by molar-refractivity contribution is 5.70. The Bertz CT molecular complexity index is 207. The number of carbonyl (C=O) groups is 1. The first-order valence-electron chi connectivity index (χ1n) is 4.56. The summed E-state index contributed by atoms with van der Waals surface area (Å²) in [5.74, 6) is -4.10. The van der Waals surface area contributed by atoms with Crippen molar-refractivity contribution in [1.82, 2.24) is 0 Å². The van der Waals surface area contributed by atoms with Crippen molar-refractivity contribution < 1.29 is 18.3 Å². The normalized spacial score (nSPS) is 15.1. The molecule has 84 valence electrons. The maximum atomic E-state index is 13.0. The van der Waals surface area contributed by atoms with Gasteiger partial charge < -0.3 is 4.74 Å². The van der Waals surface area contributed by atoms with Gasteiger partial charge in [-0.1, -0.05) is 20.8 Å². The Labute approximate surface area is 83.6 Å². The molecule has 2 nitrogen and oxygen atoms in total. The minimum Gasteiger partial charge on any atom is -0.469 e. The lowest BCUT2D eigenvalue weighted by Crippen LogP contribution is -2.36. The van der Waals surface area contributed by atoms with Crippen LogP contribution >= 0.6 is 0 Å². The molecule has 0 amide bonds. The summed E-state index contributed by atoms with van der Waals surface area (Å²) in [7, 11) is 1.26. The minimum atomic E-state index is -2.78. The zero-order valence-corrected chi connectivity index (χ0v) is 9.36. The van der Waals surface area contributed by atoms with Crippen LogP contribution < -0.4 is 0 Å². The van der Waals surface area contributed by atoms with Crippen LogP contribution in [0, 0.1) is 11.3 Å². The van der Waals surface area contributed by atoms with Crippen LogP contribution in [0.5, 0.6) is 0 Å². The Kier molecular flexibility index (Phi) is 4.03. The molecule has 0 aliphatic carbocycles. The molecule has 0 aromatic carbocycles. The van der Waals surface area contributed by atoms with E-state index in [2.05, 4.69) is 4.74 Å². The molecule has 4 heteroatoms. The molecule has 0 bridgehead atoms. The number of halogens is 2. The summed E-state index contributed by atoms with van der Waals surface area (Å²) >= 11 is 0. The van der Waals surface area contributed by atoms with Gasteiger partial charge in [-0.25, -0.2) is 8.78 Å². The summed E-state index contributed by atoms with van der Waals surface area (Å²) < 4.78 is 30.5. The Balaban J connectivity index is 4.53. The zero-order valence-electron chi connectivity index (χ0n) is 9.36. The lowest BCUT2D eigenvalue weighted by Gasteiger charge is -2.34. The van der Waals surface area contributed by atoms with Crippen LogP contribution in [0.1, 0.15) is 34.1 Å². The second-order valence-electron chi connectivity index (χ2n) is 4.42. The molecule has 0 aliphatic rings. The predicted molar refractivity (Wildman–Crippen MR) is 50.2 cm³/mol. The van der Waals surface area contributed by atoms with Gasteiger partial charge in [-0.3, -0.25) is 4.79 Å². The number of carbonyl (C=O) groups excluding carboxylic acids is 1. The Hall–Kier alpha value is -0.670. The van der Waals surface area contributed by atoms with Crippen LogP contribution in [0.25, 0.3) is 0 Å². The lowest BCUT2D eigenvalue weighted by molar-refractivity contribution is -0.147. The van der Waals surface area contributed by atoms with Gasteiger partial charge in [0.25, 0.3) is 0 Å². The molecule has 0 aromatic heterocycles. The van der Waals surface area contributed by atoms with Crippen LogP contribution in [0.15, 0.2) is 0 Å². The fourth-order valence-corrected chi connectivity index (χ4v) is 1.28. The van der Waals surface area contributed by atoms with Crippen molar-refractivity contribution in [2.45, 2.75) is 40.0 Å². The molecular formula is C10H18F2O2. The highest BCUT2D eigenvalue weighted by atomic mass is 19.3. The molecule has 1 unspecified atom stereocenters. The van der Waals surface area contributed by atoms with Crippen LogP contribution in [0.2, 0.25) is 0 Å². The van der Waals surface area contributed by atoms with Crippen LogP contribution in [0.3, 0.4) is 0 Å². The number of ether oxygens (including phenoxy) is 1. The average molecular weight is 208 g/mol. The number of hydrogen-bond acceptors (Lipinski definition) is 2. The lowest BCUT2D eigenvalue weighted by atomic mass is 9.74. The minimum absolute atomic E-state index is 0.00803. The summed E-state index contributed by atoms with van der Waals surface area (Å²) in [5, 5.41) is 0. The number of esters is 1.